The molecule has 1 aromatic rings. The van der Waals surface area contributed by atoms with E-state index in [0.29, 0.717) is 12.5 Å². The molecule has 4 nitrogen and oxygen atoms in total. The standard InChI is InChI=1S/C14H24N2O2/c1-11-9-17-7-6-14(11,10-15)16(3)8-13-5-4-12(2)18-13/h4-5,11H,6-10,15H2,1-3H3. The molecule has 4 heteroatoms. The molecule has 2 atom stereocenters. The molecular weight excluding hydrogens is 228 g/mol. The second-order valence-electron chi connectivity index (χ2n) is 5.40. The fourth-order valence-electron chi connectivity index (χ4n) is 2.90. The van der Waals surface area contributed by atoms with Crippen molar-refractivity contribution in [2.75, 3.05) is 26.8 Å². The number of hydrogen-bond acceptors (Lipinski definition) is 4. The summed E-state index contributed by atoms with van der Waals surface area (Å²) < 4.78 is 11.2. The molecule has 1 saturated heterocycles. The predicted octanol–water partition coefficient (Wildman–Crippen LogP) is 1.77. The highest BCUT2D eigenvalue weighted by Crippen LogP contribution is 2.32. The van der Waals surface area contributed by atoms with Crippen LogP contribution in [0.5, 0.6) is 0 Å². The number of nitrogens with two attached hydrogens (primary N) is 1. The number of aryl methyl sites for hydroxylation is 1. The van der Waals surface area contributed by atoms with Crippen molar-refractivity contribution in [3.8, 4) is 0 Å². The van der Waals surface area contributed by atoms with Crippen LogP contribution in [0.1, 0.15) is 24.9 Å². The van der Waals surface area contributed by atoms with Gasteiger partial charge in [0.05, 0.1) is 13.2 Å². The van der Waals surface area contributed by atoms with Crippen LogP contribution in [0.15, 0.2) is 16.5 Å². The molecule has 18 heavy (non-hydrogen) atoms. The minimum Gasteiger partial charge on any atom is -0.465 e. The molecule has 0 radical (unpaired) electrons. The molecule has 2 heterocycles. The molecule has 1 aromatic heterocycles. The first kappa shape index (κ1) is 13.6. The number of ether oxygens (including phenoxy) is 1. The Labute approximate surface area is 109 Å². The van der Waals surface area contributed by atoms with Crippen LogP contribution in [0.4, 0.5) is 0 Å². The third-order valence-corrected chi connectivity index (χ3v) is 4.27. The Balaban J connectivity index is 2.11. The van der Waals surface area contributed by atoms with Gasteiger partial charge in [-0.2, -0.15) is 0 Å². The maximum absolute atomic E-state index is 6.06. The first-order valence-corrected chi connectivity index (χ1v) is 6.63. The van der Waals surface area contributed by atoms with Crippen molar-refractivity contribution in [1.29, 1.82) is 0 Å². The summed E-state index contributed by atoms with van der Waals surface area (Å²) in [6, 6.07) is 4.05. The lowest BCUT2D eigenvalue weighted by Crippen LogP contribution is -2.59. The Morgan fingerprint density at radius 3 is 2.83 bits per heavy atom. The third kappa shape index (κ3) is 2.46. The molecule has 0 bridgehead atoms. The predicted molar refractivity (Wildman–Crippen MR) is 71.3 cm³/mol. The van der Waals surface area contributed by atoms with E-state index in [0.717, 1.165) is 37.7 Å². The van der Waals surface area contributed by atoms with Crippen molar-refractivity contribution in [2.24, 2.45) is 11.7 Å². The number of furan rings is 1. The van der Waals surface area contributed by atoms with Gasteiger partial charge in [0.15, 0.2) is 0 Å². The number of rotatable bonds is 4. The molecule has 0 amide bonds. The quantitative estimate of drug-likeness (QED) is 0.887. The average Bonchev–Trinajstić information content (AvgIpc) is 2.75. The van der Waals surface area contributed by atoms with Crippen molar-refractivity contribution in [3.63, 3.8) is 0 Å². The number of nitrogens with zero attached hydrogens (tertiary/aromatic N) is 1. The topological polar surface area (TPSA) is 51.6 Å². The summed E-state index contributed by atoms with van der Waals surface area (Å²) >= 11 is 0. The minimum absolute atomic E-state index is 0.0267. The normalized spacial score (nSPS) is 28.8. The Kier molecular flexibility index (Phi) is 4.10. The zero-order valence-electron chi connectivity index (χ0n) is 11.6. The third-order valence-electron chi connectivity index (χ3n) is 4.27. The van der Waals surface area contributed by atoms with E-state index >= 15 is 0 Å². The Morgan fingerprint density at radius 2 is 2.28 bits per heavy atom. The summed E-state index contributed by atoms with van der Waals surface area (Å²) in [4.78, 5) is 2.33. The summed E-state index contributed by atoms with van der Waals surface area (Å²) in [5.41, 5.74) is 6.09. The van der Waals surface area contributed by atoms with Crippen molar-refractivity contribution in [1.82, 2.24) is 4.90 Å². The summed E-state index contributed by atoms with van der Waals surface area (Å²) in [6.45, 7) is 7.24. The second-order valence-corrected chi connectivity index (χ2v) is 5.40. The highest BCUT2D eigenvalue weighted by molar-refractivity contribution is 5.07. The van der Waals surface area contributed by atoms with Crippen LogP contribution in [0.25, 0.3) is 0 Å². The van der Waals surface area contributed by atoms with E-state index in [-0.39, 0.29) is 5.54 Å². The lowest BCUT2D eigenvalue weighted by molar-refractivity contribution is -0.0611. The molecule has 0 spiro atoms. The van der Waals surface area contributed by atoms with E-state index in [1.165, 1.54) is 0 Å². The van der Waals surface area contributed by atoms with E-state index < -0.39 is 0 Å². The van der Waals surface area contributed by atoms with Crippen LogP contribution in [-0.2, 0) is 11.3 Å². The van der Waals surface area contributed by atoms with Crippen molar-refractivity contribution >= 4 is 0 Å². The molecule has 1 fully saturated rings. The van der Waals surface area contributed by atoms with Crippen molar-refractivity contribution < 1.29 is 9.15 Å². The van der Waals surface area contributed by atoms with Gasteiger partial charge in [-0.05, 0) is 38.4 Å². The fourth-order valence-corrected chi connectivity index (χ4v) is 2.90. The van der Waals surface area contributed by atoms with Crippen LogP contribution in [0, 0.1) is 12.8 Å². The molecule has 0 aliphatic carbocycles. The Hall–Kier alpha value is -0.840. The van der Waals surface area contributed by atoms with Crippen LogP contribution >= 0.6 is 0 Å². The molecule has 2 unspecified atom stereocenters. The van der Waals surface area contributed by atoms with Crippen molar-refractivity contribution in [3.05, 3.63) is 23.7 Å². The lowest BCUT2D eigenvalue weighted by atomic mass is 9.79. The molecule has 2 N–H and O–H groups in total. The second kappa shape index (κ2) is 5.43. The Morgan fingerprint density at radius 1 is 1.50 bits per heavy atom. The van der Waals surface area contributed by atoms with Gasteiger partial charge in [0.25, 0.3) is 0 Å². The molecular formula is C14H24N2O2. The van der Waals surface area contributed by atoms with Gasteiger partial charge in [-0.25, -0.2) is 0 Å². The largest absolute Gasteiger partial charge is 0.465 e. The van der Waals surface area contributed by atoms with Gasteiger partial charge in [-0.3, -0.25) is 4.90 Å². The van der Waals surface area contributed by atoms with E-state index in [4.69, 9.17) is 14.9 Å². The fraction of sp³-hybridized carbons (Fsp3) is 0.714. The van der Waals surface area contributed by atoms with Gasteiger partial charge in [0, 0.05) is 18.7 Å². The average molecular weight is 252 g/mol. The molecule has 102 valence electrons. The van der Waals surface area contributed by atoms with Gasteiger partial charge >= 0.3 is 0 Å². The zero-order valence-corrected chi connectivity index (χ0v) is 11.6. The lowest BCUT2D eigenvalue weighted by Gasteiger charge is -2.48. The van der Waals surface area contributed by atoms with Crippen molar-refractivity contribution in [2.45, 2.75) is 32.4 Å². The van der Waals surface area contributed by atoms with Crippen LogP contribution in [-0.4, -0.2) is 37.2 Å². The van der Waals surface area contributed by atoms with Gasteiger partial charge in [-0.1, -0.05) is 6.92 Å². The van der Waals surface area contributed by atoms with E-state index in [1.54, 1.807) is 0 Å². The highest BCUT2D eigenvalue weighted by atomic mass is 16.5. The summed E-state index contributed by atoms with van der Waals surface area (Å²) in [6.07, 6.45) is 0.987. The molecule has 0 saturated carbocycles. The smallest absolute Gasteiger partial charge is 0.118 e. The van der Waals surface area contributed by atoms with Gasteiger partial charge in [0.1, 0.15) is 11.5 Å². The van der Waals surface area contributed by atoms with Crippen LogP contribution < -0.4 is 5.73 Å². The van der Waals surface area contributed by atoms with Gasteiger partial charge in [-0.15, -0.1) is 0 Å². The maximum Gasteiger partial charge on any atom is 0.118 e. The highest BCUT2D eigenvalue weighted by Gasteiger charge is 2.41. The molecule has 0 aromatic carbocycles. The van der Waals surface area contributed by atoms with E-state index in [1.807, 2.05) is 19.1 Å². The molecule has 1 aliphatic rings. The van der Waals surface area contributed by atoms with Gasteiger partial charge < -0.3 is 14.9 Å². The maximum atomic E-state index is 6.06. The summed E-state index contributed by atoms with van der Waals surface area (Å²) in [5.74, 6) is 2.40. The summed E-state index contributed by atoms with van der Waals surface area (Å²) in [5, 5.41) is 0. The number of hydrogen-bond donors (Lipinski definition) is 1. The number of likely N-dealkylation sites (N-methyl/N-ethyl adjacent to an activating group) is 1. The van der Waals surface area contributed by atoms with Crippen LogP contribution in [0.2, 0.25) is 0 Å². The first-order chi connectivity index (χ1) is 8.58. The first-order valence-electron chi connectivity index (χ1n) is 6.63. The van der Waals surface area contributed by atoms with Crippen LogP contribution in [0.3, 0.4) is 0 Å². The SMILES string of the molecule is Cc1ccc(CN(C)C2(CN)CCOCC2C)o1. The zero-order chi connectivity index (χ0) is 13.2. The monoisotopic (exact) mass is 252 g/mol. The molecule has 1 aliphatic heterocycles. The minimum atomic E-state index is 0.0267. The van der Waals surface area contributed by atoms with Gasteiger partial charge in [0.2, 0.25) is 0 Å². The molecule has 2 rings (SSSR count). The summed E-state index contributed by atoms with van der Waals surface area (Å²) in [7, 11) is 2.13. The van der Waals surface area contributed by atoms with E-state index in [2.05, 4.69) is 18.9 Å². The Bertz CT molecular complexity index is 391. The van der Waals surface area contributed by atoms with E-state index in [9.17, 15) is 0 Å².